The number of rotatable bonds is 7. The van der Waals surface area contributed by atoms with Crippen LogP contribution >= 0.6 is 0 Å². The van der Waals surface area contributed by atoms with Crippen molar-refractivity contribution >= 4 is 16.1 Å². The number of nitrogens with zero attached hydrogens (tertiary/aromatic N) is 2. The van der Waals surface area contributed by atoms with E-state index in [1.165, 1.54) is 12.1 Å². The maximum absolute atomic E-state index is 12.3. The molecule has 0 saturated heterocycles. The van der Waals surface area contributed by atoms with Crippen LogP contribution in [0.25, 0.3) is 16.9 Å². The summed E-state index contributed by atoms with van der Waals surface area (Å²) in [6.45, 7) is 3.90. The van der Waals surface area contributed by atoms with Crippen molar-refractivity contribution in [3.63, 3.8) is 0 Å². The molecule has 0 radical (unpaired) electrons. The Morgan fingerprint density at radius 2 is 1.62 bits per heavy atom. The third-order valence-corrected chi connectivity index (χ3v) is 6.64. The third-order valence-electron chi connectivity index (χ3n) is 5.31. The Kier molecular flexibility index (Phi) is 6.79. The zero-order valence-corrected chi connectivity index (χ0v) is 19.7. The normalized spacial score (nSPS) is 11.2. The number of carbonyl (C=O) groups is 1. The number of carbonyl (C=O) groups excluding carboxylic acids is 1. The van der Waals surface area contributed by atoms with E-state index < -0.39 is 16.1 Å². The second kappa shape index (κ2) is 9.93. The van der Waals surface area contributed by atoms with E-state index in [1.807, 2.05) is 83.9 Å². The molecule has 7 nitrogen and oxygen atoms in total. The molecular weight excluding hydrogens is 450 g/mol. The monoisotopic (exact) mass is 475 g/mol. The molecule has 0 aliphatic carbocycles. The van der Waals surface area contributed by atoms with E-state index in [9.17, 15) is 13.2 Å². The van der Waals surface area contributed by atoms with Gasteiger partial charge in [0, 0.05) is 17.7 Å². The van der Waals surface area contributed by atoms with Crippen molar-refractivity contribution in [3.05, 3.63) is 102 Å². The van der Waals surface area contributed by atoms with Crippen LogP contribution in [-0.4, -0.2) is 30.9 Å². The lowest BCUT2D eigenvalue weighted by Crippen LogP contribution is -2.31. The van der Waals surface area contributed by atoms with Crippen LogP contribution in [0.3, 0.4) is 0 Å². The van der Waals surface area contributed by atoms with E-state index in [2.05, 4.69) is 0 Å². The van der Waals surface area contributed by atoms with Crippen LogP contribution in [0.2, 0.25) is 0 Å². The molecular formula is C26H25N3O4S. The standard InChI is InChI=1S/C26H25N3O4S/c1-19-8-14-24(15-9-19)34(31,32)28-26(30)33-17-16-21-10-12-23(13-11-21)29-20(2)18-25(27-29)22-6-4-3-5-7-22/h3-15,18H,16-17H2,1-2H3,(H,28,30). The van der Waals surface area contributed by atoms with Gasteiger partial charge in [-0.3, -0.25) is 0 Å². The molecule has 3 aromatic carbocycles. The van der Waals surface area contributed by atoms with Gasteiger partial charge in [0.2, 0.25) is 0 Å². The molecule has 0 spiro atoms. The molecule has 0 aliphatic heterocycles. The van der Waals surface area contributed by atoms with Gasteiger partial charge in [0.15, 0.2) is 0 Å². The molecule has 0 unspecified atom stereocenters. The number of aryl methyl sites for hydroxylation is 2. The fraction of sp³-hybridized carbons (Fsp3) is 0.154. The number of benzene rings is 3. The molecule has 34 heavy (non-hydrogen) atoms. The Morgan fingerprint density at radius 3 is 2.29 bits per heavy atom. The fourth-order valence-electron chi connectivity index (χ4n) is 3.47. The largest absolute Gasteiger partial charge is 0.448 e. The lowest BCUT2D eigenvalue weighted by Gasteiger charge is -2.09. The lowest BCUT2D eigenvalue weighted by atomic mass is 10.1. The molecule has 0 saturated carbocycles. The molecule has 0 aliphatic rings. The van der Waals surface area contributed by atoms with Crippen molar-refractivity contribution in [3.8, 4) is 16.9 Å². The summed E-state index contributed by atoms with van der Waals surface area (Å²) in [4.78, 5) is 12.0. The zero-order valence-electron chi connectivity index (χ0n) is 18.9. The van der Waals surface area contributed by atoms with Crippen molar-refractivity contribution in [1.82, 2.24) is 14.5 Å². The summed E-state index contributed by atoms with van der Waals surface area (Å²) in [5.41, 5.74) is 5.77. The van der Waals surface area contributed by atoms with Gasteiger partial charge in [0.1, 0.15) is 0 Å². The molecule has 1 aromatic heterocycles. The topological polar surface area (TPSA) is 90.3 Å². The van der Waals surface area contributed by atoms with Crippen molar-refractivity contribution in [2.45, 2.75) is 25.2 Å². The summed E-state index contributed by atoms with van der Waals surface area (Å²) in [5.74, 6) is 0. The number of aromatic nitrogens is 2. The zero-order chi connectivity index (χ0) is 24.1. The number of hydrogen-bond donors (Lipinski definition) is 1. The number of ether oxygens (including phenoxy) is 1. The van der Waals surface area contributed by atoms with E-state index in [0.717, 1.165) is 33.8 Å². The number of nitrogens with one attached hydrogen (secondary N) is 1. The van der Waals surface area contributed by atoms with Gasteiger partial charge >= 0.3 is 6.09 Å². The van der Waals surface area contributed by atoms with Crippen molar-refractivity contribution in [2.75, 3.05) is 6.61 Å². The summed E-state index contributed by atoms with van der Waals surface area (Å²) in [5, 5.41) is 4.71. The van der Waals surface area contributed by atoms with Gasteiger partial charge in [0.25, 0.3) is 10.0 Å². The highest BCUT2D eigenvalue weighted by molar-refractivity contribution is 7.90. The lowest BCUT2D eigenvalue weighted by molar-refractivity contribution is 0.154. The number of amides is 1. The Labute approximate surface area is 199 Å². The summed E-state index contributed by atoms with van der Waals surface area (Å²) in [6, 6.07) is 26.0. The van der Waals surface area contributed by atoms with Crippen LogP contribution in [-0.2, 0) is 21.2 Å². The highest BCUT2D eigenvalue weighted by Crippen LogP contribution is 2.21. The minimum absolute atomic E-state index is 0.00924. The average Bonchev–Trinajstić information content (AvgIpc) is 3.22. The van der Waals surface area contributed by atoms with Crippen LogP contribution in [0.5, 0.6) is 0 Å². The highest BCUT2D eigenvalue weighted by Gasteiger charge is 2.18. The van der Waals surface area contributed by atoms with Crippen LogP contribution in [0.1, 0.15) is 16.8 Å². The van der Waals surface area contributed by atoms with Gasteiger partial charge in [-0.1, -0.05) is 60.2 Å². The Balaban J connectivity index is 1.33. The van der Waals surface area contributed by atoms with E-state index in [-0.39, 0.29) is 11.5 Å². The first-order chi connectivity index (χ1) is 16.3. The van der Waals surface area contributed by atoms with Crippen LogP contribution in [0.15, 0.2) is 89.8 Å². The molecule has 0 atom stereocenters. The van der Waals surface area contributed by atoms with E-state index in [1.54, 1.807) is 12.1 Å². The first-order valence-corrected chi connectivity index (χ1v) is 12.3. The maximum Gasteiger partial charge on any atom is 0.421 e. The van der Waals surface area contributed by atoms with Crippen LogP contribution in [0, 0.1) is 13.8 Å². The first kappa shape index (κ1) is 23.3. The summed E-state index contributed by atoms with van der Waals surface area (Å²) in [6.07, 6.45) is -0.552. The number of sulfonamides is 1. The minimum Gasteiger partial charge on any atom is -0.448 e. The Morgan fingerprint density at radius 1 is 0.941 bits per heavy atom. The van der Waals surface area contributed by atoms with Gasteiger partial charge in [0.05, 0.1) is 22.9 Å². The van der Waals surface area contributed by atoms with Gasteiger partial charge in [-0.25, -0.2) is 22.6 Å². The predicted molar refractivity (Wildman–Crippen MR) is 130 cm³/mol. The quantitative estimate of drug-likeness (QED) is 0.414. The number of hydrogen-bond acceptors (Lipinski definition) is 5. The minimum atomic E-state index is -3.96. The second-order valence-electron chi connectivity index (χ2n) is 7.92. The van der Waals surface area contributed by atoms with Crippen molar-refractivity contribution < 1.29 is 17.9 Å². The van der Waals surface area contributed by atoms with Gasteiger partial charge < -0.3 is 4.74 Å². The molecule has 4 rings (SSSR count). The molecule has 1 heterocycles. The SMILES string of the molecule is Cc1ccc(S(=O)(=O)NC(=O)OCCc2ccc(-n3nc(-c4ccccc4)cc3C)cc2)cc1. The summed E-state index contributed by atoms with van der Waals surface area (Å²) < 4.78 is 33.4. The first-order valence-electron chi connectivity index (χ1n) is 10.8. The van der Waals surface area contributed by atoms with E-state index in [0.29, 0.717) is 6.42 Å². The maximum atomic E-state index is 12.3. The second-order valence-corrected chi connectivity index (χ2v) is 9.60. The Hall–Kier alpha value is -3.91. The summed E-state index contributed by atoms with van der Waals surface area (Å²) in [7, 11) is -3.96. The van der Waals surface area contributed by atoms with Crippen molar-refractivity contribution in [2.24, 2.45) is 0 Å². The van der Waals surface area contributed by atoms with E-state index >= 15 is 0 Å². The van der Waals surface area contributed by atoms with Crippen molar-refractivity contribution in [1.29, 1.82) is 0 Å². The highest BCUT2D eigenvalue weighted by atomic mass is 32.2. The smallest absolute Gasteiger partial charge is 0.421 e. The van der Waals surface area contributed by atoms with Crippen LogP contribution < -0.4 is 4.72 Å². The third kappa shape index (κ3) is 5.52. The molecule has 4 aromatic rings. The molecule has 174 valence electrons. The molecule has 8 heteroatoms. The molecule has 0 fully saturated rings. The van der Waals surface area contributed by atoms with E-state index in [4.69, 9.17) is 9.84 Å². The van der Waals surface area contributed by atoms with Gasteiger partial charge in [-0.15, -0.1) is 0 Å². The molecule has 1 N–H and O–H groups in total. The Bertz CT molecular complexity index is 1380. The summed E-state index contributed by atoms with van der Waals surface area (Å²) >= 11 is 0. The molecule has 0 bridgehead atoms. The average molecular weight is 476 g/mol. The van der Waals surface area contributed by atoms with Crippen LogP contribution in [0.4, 0.5) is 4.79 Å². The predicted octanol–water partition coefficient (Wildman–Crippen LogP) is 4.81. The van der Waals surface area contributed by atoms with Gasteiger partial charge in [-0.2, -0.15) is 5.10 Å². The van der Waals surface area contributed by atoms with Gasteiger partial charge in [-0.05, 0) is 49.7 Å². The fourth-order valence-corrected chi connectivity index (χ4v) is 4.36. The molecule has 1 amide bonds.